The first kappa shape index (κ1) is 13.7. The van der Waals surface area contributed by atoms with Gasteiger partial charge in [-0.1, -0.05) is 42.0 Å². The standard InChI is InChI=1S/C13H18ClN3S/c1-16-6-8-17(9-7-16)12(13(15)18)10-4-2-3-5-11(10)14/h2-5,12H,6-9H2,1H3,(H2,15,18). The first-order valence-corrected chi connectivity index (χ1v) is 6.84. The third-order valence-electron chi connectivity index (χ3n) is 3.37. The van der Waals surface area contributed by atoms with E-state index in [4.69, 9.17) is 29.6 Å². The summed E-state index contributed by atoms with van der Waals surface area (Å²) in [7, 11) is 2.13. The first-order valence-electron chi connectivity index (χ1n) is 6.06. The van der Waals surface area contributed by atoms with Crippen LogP contribution in [-0.4, -0.2) is 48.0 Å². The number of hydrogen-bond acceptors (Lipinski definition) is 3. The lowest BCUT2D eigenvalue weighted by molar-refractivity contribution is 0.137. The van der Waals surface area contributed by atoms with E-state index >= 15 is 0 Å². The molecule has 1 unspecified atom stereocenters. The van der Waals surface area contributed by atoms with Crippen LogP contribution >= 0.6 is 23.8 Å². The maximum atomic E-state index is 6.26. The molecule has 1 fully saturated rings. The molecule has 1 heterocycles. The molecule has 2 rings (SSSR count). The minimum absolute atomic E-state index is 0.0533. The van der Waals surface area contributed by atoms with E-state index in [1.807, 2.05) is 24.3 Å². The van der Waals surface area contributed by atoms with Gasteiger partial charge in [-0.25, -0.2) is 0 Å². The summed E-state index contributed by atoms with van der Waals surface area (Å²) in [5.41, 5.74) is 6.93. The second-order valence-electron chi connectivity index (χ2n) is 4.67. The molecular weight excluding hydrogens is 266 g/mol. The largest absolute Gasteiger partial charge is 0.392 e. The zero-order valence-corrected chi connectivity index (χ0v) is 12.0. The average Bonchev–Trinajstić information content (AvgIpc) is 2.34. The summed E-state index contributed by atoms with van der Waals surface area (Å²) in [6.45, 7) is 3.99. The maximum absolute atomic E-state index is 6.26. The fourth-order valence-electron chi connectivity index (χ4n) is 2.31. The van der Waals surface area contributed by atoms with Crippen LogP contribution in [0.2, 0.25) is 5.02 Å². The second kappa shape index (κ2) is 5.97. The van der Waals surface area contributed by atoms with Gasteiger partial charge in [-0.15, -0.1) is 0 Å². The van der Waals surface area contributed by atoms with Gasteiger partial charge in [0.25, 0.3) is 0 Å². The quantitative estimate of drug-likeness (QED) is 0.859. The van der Waals surface area contributed by atoms with Crippen molar-refractivity contribution >= 4 is 28.8 Å². The van der Waals surface area contributed by atoms with Crippen molar-refractivity contribution in [3.8, 4) is 0 Å². The van der Waals surface area contributed by atoms with Gasteiger partial charge in [0, 0.05) is 31.2 Å². The highest BCUT2D eigenvalue weighted by Crippen LogP contribution is 2.28. The van der Waals surface area contributed by atoms with Crippen LogP contribution in [0.4, 0.5) is 0 Å². The SMILES string of the molecule is CN1CCN(C(C(N)=S)c2ccccc2Cl)CC1. The van der Waals surface area contributed by atoms with Gasteiger partial charge in [0.2, 0.25) is 0 Å². The fraction of sp³-hybridized carbons (Fsp3) is 0.462. The van der Waals surface area contributed by atoms with Crippen LogP contribution in [0, 0.1) is 0 Å². The second-order valence-corrected chi connectivity index (χ2v) is 5.54. The molecule has 0 aliphatic carbocycles. The van der Waals surface area contributed by atoms with Crippen LogP contribution < -0.4 is 5.73 Å². The van der Waals surface area contributed by atoms with Crippen molar-refractivity contribution < 1.29 is 0 Å². The Labute approximate surface area is 119 Å². The summed E-state index contributed by atoms with van der Waals surface area (Å²) in [4.78, 5) is 5.11. The number of rotatable bonds is 3. The van der Waals surface area contributed by atoms with Crippen molar-refractivity contribution in [2.75, 3.05) is 33.2 Å². The molecule has 0 amide bonds. The summed E-state index contributed by atoms with van der Waals surface area (Å²) < 4.78 is 0. The lowest BCUT2D eigenvalue weighted by atomic mass is 10.0. The average molecular weight is 284 g/mol. The van der Waals surface area contributed by atoms with Crippen molar-refractivity contribution in [3.63, 3.8) is 0 Å². The lowest BCUT2D eigenvalue weighted by Gasteiger charge is -2.37. The first-order chi connectivity index (χ1) is 8.59. The molecule has 5 heteroatoms. The van der Waals surface area contributed by atoms with Crippen LogP contribution in [0.1, 0.15) is 11.6 Å². The molecule has 2 N–H and O–H groups in total. The Kier molecular flexibility index (Phi) is 4.56. The van der Waals surface area contributed by atoms with E-state index in [2.05, 4.69) is 16.8 Å². The van der Waals surface area contributed by atoms with E-state index in [1.165, 1.54) is 0 Å². The molecule has 1 aliphatic heterocycles. The summed E-state index contributed by atoms with van der Waals surface area (Å²) in [5.74, 6) is 0. The van der Waals surface area contributed by atoms with Gasteiger partial charge in [0.15, 0.2) is 0 Å². The van der Waals surface area contributed by atoms with Gasteiger partial charge in [-0.05, 0) is 18.7 Å². The molecule has 0 radical (unpaired) electrons. The molecule has 0 saturated carbocycles. The Balaban J connectivity index is 2.24. The molecule has 1 aliphatic rings. The van der Waals surface area contributed by atoms with Gasteiger partial charge in [0.05, 0.1) is 11.0 Å². The number of hydrogen-bond donors (Lipinski definition) is 1. The molecule has 0 bridgehead atoms. The van der Waals surface area contributed by atoms with Crippen LogP contribution in [0.25, 0.3) is 0 Å². The Hall–Kier alpha value is -0.680. The zero-order chi connectivity index (χ0) is 13.1. The topological polar surface area (TPSA) is 32.5 Å². The van der Waals surface area contributed by atoms with Crippen molar-refractivity contribution in [1.82, 2.24) is 9.80 Å². The van der Waals surface area contributed by atoms with Crippen molar-refractivity contribution in [3.05, 3.63) is 34.9 Å². The molecule has 0 spiro atoms. The lowest BCUT2D eigenvalue weighted by Crippen LogP contribution is -2.48. The van der Waals surface area contributed by atoms with E-state index in [0.29, 0.717) is 4.99 Å². The molecule has 3 nitrogen and oxygen atoms in total. The number of likely N-dealkylation sites (N-methyl/N-ethyl adjacent to an activating group) is 1. The highest BCUT2D eigenvalue weighted by molar-refractivity contribution is 7.80. The molecule has 1 aromatic rings. The summed E-state index contributed by atoms with van der Waals surface area (Å²) in [5, 5.41) is 0.731. The zero-order valence-electron chi connectivity index (χ0n) is 10.5. The highest BCUT2D eigenvalue weighted by atomic mass is 35.5. The van der Waals surface area contributed by atoms with E-state index in [0.717, 1.165) is 36.8 Å². The minimum atomic E-state index is -0.0533. The monoisotopic (exact) mass is 283 g/mol. The third-order valence-corrected chi connectivity index (χ3v) is 3.94. The van der Waals surface area contributed by atoms with E-state index in [9.17, 15) is 0 Å². The van der Waals surface area contributed by atoms with Crippen LogP contribution in [-0.2, 0) is 0 Å². The van der Waals surface area contributed by atoms with Crippen LogP contribution in [0.5, 0.6) is 0 Å². The summed E-state index contributed by atoms with van der Waals surface area (Å²) in [6, 6.07) is 7.74. The van der Waals surface area contributed by atoms with Gasteiger partial charge in [-0.3, -0.25) is 4.90 Å². The number of nitrogens with two attached hydrogens (primary N) is 1. The maximum Gasteiger partial charge on any atom is 0.0948 e. The predicted molar refractivity (Wildman–Crippen MR) is 80.0 cm³/mol. The molecule has 1 atom stereocenters. The molecule has 18 heavy (non-hydrogen) atoms. The Morgan fingerprint density at radius 3 is 2.44 bits per heavy atom. The highest BCUT2D eigenvalue weighted by Gasteiger charge is 2.27. The smallest absolute Gasteiger partial charge is 0.0948 e. The van der Waals surface area contributed by atoms with Crippen LogP contribution in [0.3, 0.4) is 0 Å². The summed E-state index contributed by atoms with van der Waals surface area (Å²) in [6.07, 6.45) is 0. The molecule has 0 aromatic heterocycles. The number of piperazine rings is 1. The third kappa shape index (κ3) is 3.01. The van der Waals surface area contributed by atoms with Gasteiger partial charge in [-0.2, -0.15) is 0 Å². The fourth-order valence-corrected chi connectivity index (χ4v) is 2.82. The van der Waals surface area contributed by atoms with Crippen LogP contribution in [0.15, 0.2) is 24.3 Å². The number of halogens is 1. The predicted octanol–water partition coefficient (Wildman–Crippen LogP) is 1.91. The summed E-state index contributed by atoms with van der Waals surface area (Å²) >= 11 is 11.5. The molecular formula is C13H18ClN3S. The van der Waals surface area contributed by atoms with Crippen molar-refractivity contribution in [1.29, 1.82) is 0 Å². The van der Waals surface area contributed by atoms with Gasteiger partial charge in [0.1, 0.15) is 0 Å². The van der Waals surface area contributed by atoms with Gasteiger partial charge < -0.3 is 10.6 Å². The molecule has 1 aromatic carbocycles. The van der Waals surface area contributed by atoms with E-state index < -0.39 is 0 Å². The normalized spacial score (nSPS) is 19.7. The molecule has 1 saturated heterocycles. The number of nitrogens with zero attached hydrogens (tertiary/aromatic N) is 2. The van der Waals surface area contributed by atoms with Gasteiger partial charge >= 0.3 is 0 Å². The Morgan fingerprint density at radius 1 is 1.28 bits per heavy atom. The molecule has 98 valence electrons. The number of benzene rings is 1. The van der Waals surface area contributed by atoms with E-state index in [1.54, 1.807) is 0 Å². The minimum Gasteiger partial charge on any atom is -0.392 e. The van der Waals surface area contributed by atoms with Crippen molar-refractivity contribution in [2.45, 2.75) is 6.04 Å². The Morgan fingerprint density at radius 2 is 1.89 bits per heavy atom. The number of thiocarbonyl (C=S) groups is 1. The van der Waals surface area contributed by atoms with Crippen molar-refractivity contribution in [2.24, 2.45) is 5.73 Å². The van der Waals surface area contributed by atoms with E-state index in [-0.39, 0.29) is 6.04 Å². The Bertz CT molecular complexity index is 430.